The fourth-order valence-corrected chi connectivity index (χ4v) is 2.62. The van der Waals surface area contributed by atoms with Gasteiger partial charge in [0.2, 0.25) is 5.78 Å². The van der Waals surface area contributed by atoms with Crippen LogP contribution in [0.3, 0.4) is 0 Å². The predicted octanol–water partition coefficient (Wildman–Crippen LogP) is 3.40. The molecule has 0 spiro atoms. The van der Waals surface area contributed by atoms with Crippen LogP contribution in [0.15, 0.2) is 17.5 Å². The van der Waals surface area contributed by atoms with Gasteiger partial charge in [-0.2, -0.15) is 0 Å². The van der Waals surface area contributed by atoms with E-state index in [1.807, 2.05) is 6.92 Å². The molecule has 2 rings (SSSR count). The fourth-order valence-electron chi connectivity index (χ4n) is 1.03. The van der Waals surface area contributed by atoms with Crippen molar-refractivity contribution in [3.63, 3.8) is 0 Å². The van der Waals surface area contributed by atoms with Gasteiger partial charge in [-0.05, 0) is 19.1 Å². The van der Waals surface area contributed by atoms with Crippen LogP contribution >= 0.6 is 34.3 Å². The van der Waals surface area contributed by atoms with Gasteiger partial charge in [0.25, 0.3) is 0 Å². The number of aryl methyl sites for hydroxylation is 1. The van der Waals surface area contributed by atoms with Gasteiger partial charge in [0, 0.05) is 5.38 Å². The molecular formula is C9H6ClNOS2. The van der Waals surface area contributed by atoms with Gasteiger partial charge in [-0.25, -0.2) is 4.98 Å². The zero-order valence-electron chi connectivity index (χ0n) is 7.28. The van der Waals surface area contributed by atoms with Gasteiger partial charge < -0.3 is 0 Å². The lowest BCUT2D eigenvalue weighted by molar-refractivity contribution is 0.103. The predicted molar refractivity (Wildman–Crippen MR) is 59.6 cm³/mol. The summed E-state index contributed by atoms with van der Waals surface area (Å²) in [4.78, 5) is 16.5. The van der Waals surface area contributed by atoms with Crippen molar-refractivity contribution in [1.29, 1.82) is 0 Å². The van der Waals surface area contributed by atoms with Gasteiger partial charge in [-0.3, -0.25) is 4.79 Å². The van der Waals surface area contributed by atoms with Gasteiger partial charge in [0.15, 0.2) is 0 Å². The van der Waals surface area contributed by atoms with E-state index in [0.29, 0.717) is 14.9 Å². The standard InChI is InChI=1S/C9H6ClNOS2/c1-5-11-6(4-13-5)9(12)7-2-3-8(10)14-7/h2-4H,1H3. The molecule has 2 aromatic rings. The lowest BCUT2D eigenvalue weighted by atomic mass is 10.3. The second kappa shape index (κ2) is 3.81. The number of carbonyl (C=O) groups is 1. The summed E-state index contributed by atoms with van der Waals surface area (Å²) in [6, 6.07) is 3.45. The van der Waals surface area contributed by atoms with Crippen LogP contribution in [0.5, 0.6) is 0 Å². The first-order chi connectivity index (χ1) is 6.66. The maximum Gasteiger partial charge on any atom is 0.222 e. The average molecular weight is 244 g/mol. The summed E-state index contributed by atoms with van der Waals surface area (Å²) in [6.45, 7) is 1.88. The summed E-state index contributed by atoms with van der Waals surface area (Å²) in [7, 11) is 0. The number of thiophene rings is 1. The summed E-state index contributed by atoms with van der Waals surface area (Å²) >= 11 is 8.50. The molecule has 0 atom stereocenters. The molecule has 0 aliphatic heterocycles. The molecule has 0 amide bonds. The van der Waals surface area contributed by atoms with E-state index >= 15 is 0 Å². The normalized spacial score (nSPS) is 10.4. The van der Waals surface area contributed by atoms with Gasteiger partial charge >= 0.3 is 0 Å². The van der Waals surface area contributed by atoms with Gasteiger partial charge in [-0.15, -0.1) is 22.7 Å². The molecule has 5 heteroatoms. The van der Waals surface area contributed by atoms with E-state index in [9.17, 15) is 4.79 Å². The minimum absolute atomic E-state index is 0.0498. The monoisotopic (exact) mass is 243 g/mol. The first-order valence-corrected chi connectivity index (χ1v) is 5.96. The van der Waals surface area contributed by atoms with Crippen LogP contribution in [0.1, 0.15) is 20.4 Å². The maximum absolute atomic E-state index is 11.8. The van der Waals surface area contributed by atoms with E-state index in [2.05, 4.69) is 4.98 Å². The van der Waals surface area contributed by atoms with E-state index in [-0.39, 0.29) is 5.78 Å². The van der Waals surface area contributed by atoms with Crippen molar-refractivity contribution in [1.82, 2.24) is 4.98 Å². The molecule has 2 heterocycles. The molecule has 0 aromatic carbocycles. The van der Waals surface area contributed by atoms with Crippen molar-refractivity contribution in [3.05, 3.63) is 37.4 Å². The number of ketones is 1. The van der Waals surface area contributed by atoms with Crippen LogP contribution in [0, 0.1) is 6.92 Å². The summed E-state index contributed by atoms with van der Waals surface area (Å²) in [5.74, 6) is -0.0498. The summed E-state index contributed by atoms with van der Waals surface area (Å²) < 4.78 is 0.625. The van der Waals surface area contributed by atoms with E-state index < -0.39 is 0 Å². The highest BCUT2D eigenvalue weighted by Crippen LogP contribution is 2.24. The Balaban J connectivity index is 2.33. The van der Waals surface area contributed by atoms with Gasteiger partial charge in [0.05, 0.1) is 14.2 Å². The van der Waals surface area contributed by atoms with Crippen LogP contribution in [-0.2, 0) is 0 Å². The molecule has 0 aliphatic rings. The van der Waals surface area contributed by atoms with E-state index in [1.165, 1.54) is 22.7 Å². The largest absolute Gasteiger partial charge is 0.286 e. The molecule has 0 bridgehead atoms. The lowest BCUT2D eigenvalue weighted by Crippen LogP contribution is -1.98. The number of carbonyl (C=O) groups excluding carboxylic acids is 1. The number of nitrogens with zero attached hydrogens (tertiary/aromatic N) is 1. The molecule has 0 fully saturated rings. The Kier molecular flexibility index (Phi) is 2.67. The molecule has 0 saturated heterocycles. The van der Waals surface area contributed by atoms with E-state index in [0.717, 1.165) is 5.01 Å². The Hall–Kier alpha value is -0.710. The zero-order valence-corrected chi connectivity index (χ0v) is 9.67. The minimum atomic E-state index is -0.0498. The van der Waals surface area contributed by atoms with Crippen molar-refractivity contribution >= 4 is 40.1 Å². The number of halogens is 1. The average Bonchev–Trinajstić information content (AvgIpc) is 2.73. The van der Waals surface area contributed by atoms with Crippen LogP contribution < -0.4 is 0 Å². The molecule has 14 heavy (non-hydrogen) atoms. The third-order valence-corrected chi connectivity index (χ3v) is 3.65. The summed E-state index contributed by atoms with van der Waals surface area (Å²) in [5.41, 5.74) is 0.506. The summed E-state index contributed by atoms with van der Waals surface area (Å²) in [5, 5.41) is 2.67. The molecule has 0 radical (unpaired) electrons. The Labute approximate surface area is 94.2 Å². The van der Waals surface area contributed by atoms with Crippen LogP contribution in [0.2, 0.25) is 4.34 Å². The topological polar surface area (TPSA) is 30.0 Å². The highest BCUT2D eigenvalue weighted by molar-refractivity contribution is 7.18. The number of rotatable bonds is 2. The fraction of sp³-hybridized carbons (Fsp3) is 0.111. The number of hydrogen-bond donors (Lipinski definition) is 0. The Morgan fingerprint density at radius 3 is 2.79 bits per heavy atom. The highest BCUT2D eigenvalue weighted by Gasteiger charge is 2.13. The quantitative estimate of drug-likeness (QED) is 0.757. The van der Waals surface area contributed by atoms with Crippen LogP contribution in [0.4, 0.5) is 0 Å². The van der Waals surface area contributed by atoms with Crippen molar-refractivity contribution in [3.8, 4) is 0 Å². The molecule has 0 aliphatic carbocycles. The molecule has 72 valence electrons. The third-order valence-electron chi connectivity index (χ3n) is 1.65. The molecule has 2 aromatic heterocycles. The van der Waals surface area contributed by atoms with Crippen molar-refractivity contribution in [2.24, 2.45) is 0 Å². The number of aromatic nitrogens is 1. The SMILES string of the molecule is Cc1nc(C(=O)c2ccc(Cl)s2)cs1. The second-order valence-electron chi connectivity index (χ2n) is 2.68. The van der Waals surface area contributed by atoms with Crippen molar-refractivity contribution in [2.75, 3.05) is 0 Å². The Morgan fingerprint density at radius 1 is 1.50 bits per heavy atom. The third kappa shape index (κ3) is 1.87. The molecular weight excluding hydrogens is 238 g/mol. The van der Waals surface area contributed by atoms with Crippen molar-refractivity contribution < 1.29 is 4.79 Å². The zero-order chi connectivity index (χ0) is 10.1. The minimum Gasteiger partial charge on any atom is -0.286 e. The second-order valence-corrected chi connectivity index (χ2v) is 5.46. The summed E-state index contributed by atoms with van der Waals surface area (Å²) in [6.07, 6.45) is 0. The first kappa shape index (κ1) is 9.83. The Morgan fingerprint density at radius 2 is 2.29 bits per heavy atom. The van der Waals surface area contributed by atoms with E-state index in [4.69, 9.17) is 11.6 Å². The van der Waals surface area contributed by atoms with Gasteiger partial charge in [-0.1, -0.05) is 11.6 Å². The highest BCUT2D eigenvalue weighted by atomic mass is 35.5. The molecule has 0 unspecified atom stereocenters. The number of hydrogen-bond acceptors (Lipinski definition) is 4. The molecule has 0 N–H and O–H groups in total. The van der Waals surface area contributed by atoms with Crippen LogP contribution in [0.25, 0.3) is 0 Å². The first-order valence-electron chi connectivity index (χ1n) is 3.89. The maximum atomic E-state index is 11.8. The van der Waals surface area contributed by atoms with Gasteiger partial charge in [0.1, 0.15) is 5.69 Å². The van der Waals surface area contributed by atoms with Crippen LogP contribution in [-0.4, -0.2) is 10.8 Å². The number of thiazole rings is 1. The smallest absolute Gasteiger partial charge is 0.222 e. The molecule has 0 saturated carbocycles. The Bertz CT molecular complexity index is 432. The molecule has 2 nitrogen and oxygen atoms in total. The van der Waals surface area contributed by atoms with Crippen molar-refractivity contribution in [2.45, 2.75) is 6.92 Å². The van der Waals surface area contributed by atoms with E-state index in [1.54, 1.807) is 17.5 Å². The lowest BCUT2D eigenvalue weighted by Gasteiger charge is -1.89.